The maximum Gasteiger partial charge on any atom is 0.408 e. The van der Waals surface area contributed by atoms with Gasteiger partial charge in [-0.2, -0.15) is 0 Å². The lowest BCUT2D eigenvalue weighted by molar-refractivity contribution is -0.139. The van der Waals surface area contributed by atoms with Crippen LogP contribution in [0.2, 0.25) is 0 Å². The Morgan fingerprint density at radius 2 is 1.77 bits per heavy atom. The van der Waals surface area contributed by atoms with Gasteiger partial charge in [-0.15, -0.1) is 0 Å². The molecule has 0 saturated heterocycles. The van der Waals surface area contributed by atoms with Crippen molar-refractivity contribution in [3.05, 3.63) is 57.6 Å². The molecule has 0 spiro atoms. The molecule has 1 atom stereocenters. The highest BCUT2D eigenvalue weighted by Gasteiger charge is 2.26. The van der Waals surface area contributed by atoms with E-state index in [1.165, 1.54) is 0 Å². The molecule has 168 valence electrons. The van der Waals surface area contributed by atoms with Crippen LogP contribution < -0.4 is 14.8 Å². The summed E-state index contributed by atoms with van der Waals surface area (Å²) in [6.07, 6.45) is -0.752. The van der Waals surface area contributed by atoms with Gasteiger partial charge < -0.3 is 24.6 Å². The lowest BCUT2D eigenvalue weighted by Crippen LogP contribution is -2.44. The molecule has 1 amide bonds. The van der Waals surface area contributed by atoms with Gasteiger partial charge in [0.05, 0.1) is 11.6 Å². The van der Waals surface area contributed by atoms with Gasteiger partial charge in [-0.3, -0.25) is 0 Å². The molecule has 0 radical (unpaired) electrons. The maximum atomic E-state index is 12.1. The molecule has 0 aliphatic rings. The Kier molecular flexibility index (Phi) is 8.33. The molecule has 31 heavy (non-hydrogen) atoms. The minimum atomic E-state index is -1.17. The summed E-state index contributed by atoms with van der Waals surface area (Å²) in [5.74, 6) is 0.121. The van der Waals surface area contributed by atoms with Crippen molar-refractivity contribution < 1.29 is 28.9 Å². The van der Waals surface area contributed by atoms with Crippen LogP contribution in [0, 0.1) is 6.92 Å². The molecule has 0 heterocycles. The topological polar surface area (TPSA) is 94.1 Å². The average molecular weight is 494 g/mol. The van der Waals surface area contributed by atoms with Gasteiger partial charge in [-0.05, 0) is 72.4 Å². The van der Waals surface area contributed by atoms with E-state index >= 15 is 0 Å². The van der Waals surface area contributed by atoms with Gasteiger partial charge in [0.25, 0.3) is 0 Å². The number of methoxy groups -OCH3 is 1. The summed E-state index contributed by atoms with van der Waals surface area (Å²) in [6.45, 7) is 7.34. The first-order chi connectivity index (χ1) is 14.5. The Labute approximate surface area is 190 Å². The number of carboxylic acid groups (broad SMARTS) is 1. The van der Waals surface area contributed by atoms with Crippen molar-refractivity contribution in [2.45, 2.75) is 52.4 Å². The first kappa shape index (κ1) is 24.5. The number of alkyl carbamates (subject to hydrolysis) is 1. The van der Waals surface area contributed by atoms with Crippen molar-refractivity contribution in [3.63, 3.8) is 0 Å². The summed E-state index contributed by atoms with van der Waals surface area (Å²) in [4.78, 5) is 23.9. The van der Waals surface area contributed by atoms with Gasteiger partial charge in [-0.25, -0.2) is 9.59 Å². The number of hydrogen-bond acceptors (Lipinski definition) is 5. The number of rotatable bonds is 8. The second kappa shape index (κ2) is 10.5. The minimum Gasteiger partial charge on any atom is -0.497 e. The lowest BCUT2D eigenvalue weighted by Gasteiger charge is -2.23. The molecule has 7 nitrogen and oxygen atoms in total. The SMILES string of the molecule is COc1ccc(COc2c(C[C@H](NC(=O)OC(C)(C)C)C(=O)O)ccc(C)c2Br)cc1. The fourth-order valence-corrected chi connectivity index (χ4v) is 3.26. The smallest absolute Gasteiger partial charge is 0.408 e. The number of aryl methyl sites for hydroxylation is 1. The van der Waals surface area contributed by atoms with Crippen LogP contribution in [0.5, 0.6) is 11.5 Å². The molecule has 0 bridgehead atoms. The number of carbonyl (C=O) groups excluding carboxylic acids is 1. The fraction of sp³-hybridized carbons (Fsp3) is 0.391. The van der Waals surface area contributed by atoms with E-state index in [2.05, 4.69) is 21.2 Å². The highest BCUT2D eigenvalue weighted by atomic mass is 79.9. The molecule has 8 heteroatoms. The summed E-state index contributed by atoms with van der Waals surface area (Å²) < 4.78 is 17.1. The van der Waals surface area contributed by atoms with Crippen LogP contribution in [0.1, 0.15) is 37.5 Å². The molecule has 2 aromatic carbocycles. The molecule has 2 rings (SSSR count). The van der Waals surface area contributed by atoms with Crippen molar-refractivity contribution in [1.82, 2.24) is 5.32 Å². The number of carboxylic acids is 1. The zero-order valence-electron chi connectivity index (χ0n) is 18.3. The number of benzene rings is 2. The molecular weight excluding hydrogens is 466 g/mol. The van der Waals surface area contributed by atoms with Crippen LogP contribution in [-0.4, -0.2) is 35.9 Å². The monoisotopic (exact) mass is 493 g/mol. The molecule has 0 aromatic heterocycles. The summed E-state index contributed by atoms with van der Waals surface area (Å²) in [5, 5.41) is 12.0. The first-order valence-electron chi connectivity index (χ1n) is 9.76. The van der Waals surface area contributed by atoms with Gasteiger partial charge in [0, 0.05) is 6.42 Å². The van der Waals surface area contributed by atoms with Gasteiger partial charge >= 0.3 is 12.1 Å². The lowest BCUT2D eigenvalue weighted by atomic mass is 10.0. The predicted molar refractivity (Wildman–Crippen MR) is 121 cm³/mol. The van der Waals surface area contributed by atoms with E-state index in [1.807, 2.05) is 37.3 Å². The van der Waals surface area contributed by atoms with E-state index in [4.69, 9.17) is 14.2 Å². The number of halogens is 1. The van der Waals surface area contributed by atoms with Crippen molar-refractivity contribution in [1.29, 1.82) is 0 Å². The number of amides is 1. The Bertz CT molecular complexity index is 921. The standard InChI is InChI=1S/C23H28BrNO6/c1-14-6-9-16(12-18(21(26)27)25-22(28)31-23(2,3)4)20(19(14)24)30-13-15-7-10-17(29-5)11-8-15/h6-11,18H,12-13H2,1-5H3,(H,25,28)(H,26,27)/t18-/m0/s1. The van der Waals surface area contributed by atoms with Crippen molar-refractivity contribution in [2.75, 3.05) is 7.11 Å². The van der Waals surface area contributed by atoms with Crippen molar-refractivity contribution >= 4 is 28.0 Å². The molecule has 0 unspecified atom stereocenters. The van der Waals surface area contributed by atoms with Crippen LogP contribution in [0.25, 0.3) is 0 Å². The van der Waals surface area contributed by atoms with Crippen LogP contribution in [-0.2, 0) is 22.6 Å². The van der Waals surface area contributed by atoms with Crippen LogP contribution >= 0.6 is 15.9 Å². The molecule has 2 N–H and O–H groups in total. The second-order valence-electron chi connectivity index (χ2n) is 8.06. The third-order valence-corrected chi connectivity index (χ3v) is 5.31. The number of hydrogen-bond donors (Lipinski definition) is 2. The zero-order chi connectivity index (χ0) is 23.2. The van der Waals surface area contributed by atoms with E-state index in [9.17, 15) is 14.7 Å². The second-order valence-corrected chi connectivity index (χ2v) is 8.86. The third-order valence-electron chi connectivity index (χ3n) is 4.33. The fourth-order valence-electron chi connectivity index (χ4n) is 2.76. The van der Waals surface area contributed by atoms with Crippen molar-refractivity contribution in [2.24, 2.45) is 0 Å². The van der Waals surface area contributed by atoms with Gasteiger partial charge in [0.1, 0.15) is 29.7 Å². The summed E-state index contributed by atoms with van der Waals surface area (Å²) >= 11 is 3.54. The highest BCUT2D eigenvalue weighted by molar-refractivity contribution is 9.10. The largest absolute Gasteiger partial charge is 0.497 e. The van der Waals surface area contributed by atoms with Gasteiger partial charge in [0.15, 0.2) is 0 Å². The Hall–Kier alpha value is -2.74. The van der Waals surface area contributed by atoms with Gasteiger partial charge in [-0.1, -0.05) is 24.3 Å². The summed E-state index contributed by atoms with van der Waals surface area (Å²) in [7, 11) is 1.60. The van der Waals surface area contributed by atoms with E-state index < -0.39 is 23.7 Å². The van der Waals surface area contributed by atoms with Crippen LogP contribution in [0.3, 0.4) is 0 Å². The molecule has 0 saturated carbocycles. The number of aliphatic carboxylic acids is 1. The summed E-state index contributed by atoms with van der Waals surface area (Å²) in [6, 6.07) is 9.97. The average Bonchev–Trinajstić information content (AvgIpc) is 2.68. The summed E-state index contributed by atoms with van der Waals surface area (Å²) in [5.41, 5.74) is 1.80. The normalized spacial score (nSPS) is 12.1. The Balaban J connectivity index is 2.21. The number of carbonyl (C=O) groups is 2. The Morgan fingerprint density at radius 3 is 2.32 bits per heavy atom. The first-order valence-corrected chi connectivity index (χ1v) is 10.6. The van der Waals surface area contributed by atoms with Crippen LogP contribution in [0.4, 0.5) is 4.79 Å². The molecular formula is C23H28BrNO6. The quantitative estimate of drug-likeness (QED) is 0.544. The maximum absolute atomic E-state index is 12.1. The van der Waals surface area contributed by atoms with Gasteiger partial charge in [0.2, 0.25) is 0 Å². The zero-order valence-corrected chi connectivity index (χ0v) is 19.9. The van der Waals surface area contributed by atoms with Crippen molar-refractivity contribution in [3.8, 4) is 11.5 Å². The molecule has 0 aliphatic heterocycles. The highest BCUT2D eigenvalue weighted by Crippen LogP contribution is 2.34. The molecule has 0 aliphatic carbocycles. The van der Waals surface area contributed by atoms with E-state index in [-0.39, 0.29) is 13.0 Å². The van der Waals surface area contributed by atoms with E-state index in [0.717, 1.165) is 21.3 Å². The Morgan fingerprint density at radius 1 is 1.13 bits per heavy atom. The minimum absolute atomic E-state index is 0.0331. The molecule has 0 fully saturated rings. The number of nitrogens with one attached hydrogen (secondary N) is 1. The van der Waals surface area contributed by atoms with E-state index in [1.54, 1.807) is 33.9 Å². The van der Waals surface area contributed by atoms with E-state index in [0.29, 0.717) is 11.3 Å². The third kappa shape index (κ3) is 7.47. The molecule has 2 aromatic rings. The number of ether oxygens (including phenoxy) is 3. The van der Waals surface area contributed by atoms with Crippen LogP contribution in [0.15, 0.2) is 40.9 Å². The predicted octanol–water partition coefficient (Wildman–Crippen LogP) is 4.87.